The molecule has 3 N–H and O–H groups in total. The molecule has 0 radical (unpaired) electrons. The molecule has 0 fully saturated rings. The Labute approximate surface area is 121 Å². The molecule has 0 bridgehead atoms. The van der Waals surface area contributed by atoms with Gasteiger partial charge < -0.3 is 11.1 Å². The summed E-state index contributed by atoms with van der Waals surface area (Å²) in [5.41, 5.74) is 6.99. The molecular weight excluding hydrogens is 369 g/mol. The van der Waals surface area contributed by atoms with Crippen LogP contribution in [0.4, 0.5) is 17.2 Å². The minimum atomic E-state index is 0.479. The molecule has 2 aromatic rings. The minimum Gasteiger partial charge on any atom is -0.397 e. The van der Waals surface area contributed by atoms with Crippen molar-refractivity contribution in [3.8, 4) is 0 Å². The van der Waals surface area contributed by atoms with Crippen LogP contribution < -0.4 is 11.1 Å². The zero-order valence-electron chi connectivity index (χ0n) is 8.55. The van der Waals surface area contributed by atoms with E-state index in [2.05, 4.69) is 42.2 Å². The fourth-order valence-corrected chi connectivity index (χ4v) is 2.70. The van der Waals surface area contributed by atoms with Crippen molar-refractivity contribution in [2.24, 2.45) is 0 Å². The fourth-order valence-electron chi connectivity index (χ4n) is 1.28. The van der Waals surface area contributed by atoms with E-state index in [4.69, 9.17) is 17.3 Å². The van der Waals surface area contributed by atoms with Crippen LogP contribution in [-0.4, -0.2) is 4.98 Å². The van der Waals surface area contributed by atoms with Gasteiger partial charge in [0.25, 0.3) is 0 Å². The fraction of sp³-hybridized carbons (Fsp3) is 0. The number of para-hydroxylation sites is 1. The Morgan fingerprint density at radius 2 is 1.88 bits per heavy atom. The highest BCUT2D eigenvalue weighted by atomic mass is 79.9. The number of nitrogens with two attached hydrogens (primary N) is 1. The summed E-state index contributed by atoms with van der Waals surface area (Å²) in [6.07, 6.45) is 1.55. The molecule has 0 aliphatic carbocycles. The molecule has 0 spiro atoms. The molecule has 0 amide bonds. The van der Waals surface area contributed by atoms with E-state index in [-0.39, 0.29) is 0 Å². The van der Waals surface area contributed by atoms with Crippen molar-refractivity contribution in [1.82, 2.24) is 4.98 Å². The third kappa shape index (κ3) is 2.91. The van der Waals surface area contributed by atoms with Gasteiger partial charge in [0.2, 0.25) is 0 Å². The van der Waals surface area contributed by atoms with Crippen LogP contribution in [0.5, 0.6) is 0 Å². The van der Waals surface area contributed by atoms with Gasteiger partial charge in [-0.2, -0.15) is 0 Å². The van der Waals surface area contributed by atoms with E-state index in [0.29, 0.717) is 16.5 Å². The number of pyridine rings is 1. The van der Waals surface area contributed by atoms with E-state index in [1.54, 1.807) is 12.3 Å². The Hall–Kier alpha value is -0.780. The van der Waals surface area contributed by atoms with Gasteiger partial charge in [0.15, 0.2) is 0 Å². The smallest absolute Gasteiger partial charge is 0.149 e. The summed E-state index contributed by atoms with van der Waals surface area (Å²) < 4.78 is 1.84. The number of aromatic nitrogens is 1. The topological polar surface area (TPSA) is 50.9 Å². The van der Waals surface area contributed by atoms with Gasteiger partial charge in [-0.25, -0.2) is 4.98 Å². The van der Waals surface area contributed by atoms with Crippen molar-refractivity contribution in [3.05, 3.63) is 44.4 Å². The zero-order valence-corrected chi connectivity index (χ0v) is 12.5. The van der Waals surface area contributed by atoms with E-state index >= 15 is 0 Å². The lowest BCUT2D eigenvalue weighted by atomic mass is 10.3. The second-order valence-corrected chi connectivity index (χ2v) is 5.44. The molecular formula is C11H8Br2ClN3. The molecule has 0 aliphatic heterocycles. The Morgan fingerprint density at radius 1 is 1.24 bits per heavy atom. The maximum Gasteiger partial charge on any atom is 0.149 e. The van der Waals surface area contributed by atoms with E-state index < -0.39 is 0 Å². The molecule has 0 atom stereocenters. The van der Waals surface area contributed by atoms with Crippen LogP contribution in [0, 0.1) is 0 Å². The van der Waals surface area contributed by atoms with Crippen LogP contribution in [0.25, 0.3) is 0 Å². The molecule has 6 heteroatoms. The van der Waals surface area contributed by atoms with Crippen molar-refractivity contribution in [1.29, 1.82) is 0 Å². The molecule has 1 aromatic heterocycles. The van der Waals surface area contributed by atoms with Gasteiger partial charge in [0, 0.05) is 8.95 Å². The van der Waals surface area contributed by atoms with Gasteiger partial charge in [-0.3, -0.25) is 0 Å². The first-order valence-electron chi connectivity index (χ1n) is 4.70. The molecule has 1 heterocycles. The molecule has 0 saturated heterocycles. The zero-order chi connectivity index (χ0) is 12.4. The first kappa shape index (κ1) is 12.7. The van der Waals surface area contributed by atoms with E-state index in [1.165, 1.54) is 0 Å². The van der Waals surface area contributed by atoms with Crippen LogP contribution in [-0.2, 0) is 0 Å². The second kappa shape index (κ2) is 5.25. The maximum absolute atomic E-state index is 6.05. The molecule has 88 valence electrons. The standard InChI is InChI=1S/C11H8Br2ClN3/c12-7-2-1-3-8(13)10(7)17-11-9(14)4-6(15)5-16-11/h1-5H,15H2,(H,16,17). The van der Waals surface area contributed by atoms with E-state index in [0.717, 1.165) is 14.6 Å². The van der Waals surface area contributed by atoms with E-state index in [9.17, 15) is 0 Å². The highest BCUT2D eigenvalue weighted by Crippen LogP contribution is 2.34. The van der Waals surface area contributed by atoms with Gasteiger partial charge >= 0.3 is 0 Å². The molecule has 1 aromatic carbocycles. The van der Waals surface area contributed by atoms with Crippen molar-refractivity contribution >= 4 is 60.7 Å². The molecule has 0 unspecified atom stereocenters. The number of hydrogen-bond acceptors (Lipinski definition) is 3. The molecule has 0 aliphatic rings. The lowest BCUT2D eigenvalue weighted by Crippen LogP contribution is -1.97. The minimum absolute atomic E-state index is 0.479. The first-order chi connectivity index (χ1) is 8.08. The lowest BCUT2D eigenvalue weighted by molar-refractivity contribution is 1.30. The monoisotopic (exact) mass is 375 g/mol. The summed E-state index contributed by atoms with van der Waals surface area (Å²) in [5, 5.41) is 3.62. The summed E-state index contributed by atoms with van der Waals surface area (Å²) >= 11 is 13.0. The Balaban J connectivity index is 2.38. The largest absolute Gasteiger partial charge is 0.397 e. The van der Waals surface area contributed by atoms with Gasteiger partial charge in [0.1, 0.15) is 5.82 Å². The molecule has 2 rings (SSSR count). The van der Waals surface area contributed by atoms with Gasteiger partial charge in [-0.05, 0) is 50.1 Å². The van der Waals surface area contributed by atoms with Crippen LogP contribution in [0.3, 0.4) is 0 Å². The predicted octanol–water partition coefficient (Wildman–Crippen LogP) is 4.59. The average Bonchev–Trinajstić information content (AvgIpc) is 2.26. The number of hydrogen-bond donors (Lipinski definition) is 2. The van der Waals surface area contributed by atoms with Crippen LogP contribution >= 0.6 is 43.5 Å². The molecule has 17 heavy (non-hydrogen) atoms. The average molecular weight is 377 g/mol. The summed E-state index contributed by atoms with van der Waals surface area (Å²) in [4.78, 5) is 4.15. The number of nitrogens with one attached hydrogen (secondary N) is 1. The van der Waals surface area contributed by atoms with Crippen molar-refractivity contribution in [2.75, 3.05) is 11.1 Å². The normalized spacial score (nSPS) is 10.3. The third-order valence-electron chi connectivity index (χ3n) is 2.07. The van der Waals surface area contributed by atoms with Crippen LogP contribution in [0.15, 0.2) is 39.4 Å². The third-order valence-corrected chi connectivity index (χ3v) is 3.68. The second-order valence-electron chi connectivity index (χ2n) is 3.32. The summed E-state index contributed by atoms with van der Waals surface area (Å²) in [7, 11) is 0. The van der Waals surface area contributed by atoms with Gasteiger partial charge in [0.05, 0.1) is 22.6 Å². The predicted molar refractivity (Wildman–Crippen MR) is 78.8 cm³/mol. The van der Waals surface area contributed by atoms with E-state index in [1.807, 2.05) is 18.2 Å². The van der Waals surface area contributed by atoms with Crippen LogP contribution in [0.2, 0.25) is 5.02 Å². The summed E-state index contributed by atoms with van der Waals surface area (Å²) in [5.74, 6) is 0.563. The molecule has 3 nitrogen and oxygen atoms in total. The number of benzene rings is 1. The first-order valence-corrected chi connectivity index (χ1v) is 6.66. The molecule has 0 saturated carbocycles. The van der Waals surface area contributed by atoms with Gasteiger partial charge in [-0.1, -0.05) is 17.7 Å². The van der Waals surface area contributed by atoms with Crippen molar-refractivity contribution in [2.45, 2.75) is 0 Å². The summed E-state index contributed by atoms with van der Waals surface area (Å²) in [6.45, 7) is 0. The highest BCUT2D eigenvalue weighted by Gasteiger charge is 2.08. The van der Waals surface area contributed by atoms with Crippen LogP contribution in [0.1, 0.15) is 0 Å². The maximum atomic E-state index is 6.05. The van der Waals surface area contributed by atoms with Crippen molar-refractivity contribution < 1.29 is 0 Å². The number of nitrogen functional groups attached to an aromatic ring is 1. The number of nitrogens with zero attached hydrogens (tertiary/aromatic N) is 1. The van der Waals surface area contributed by atoms with Crippen molar-refractivity contribution in [3.63, 3.8) is 0 Å². The van der Waals surface area contributed by atoms with Gasteiger partial charge in [-0.15, -0.1) is 0 Å². The number of anilines is 3. The Kier molecular flexibility index (Phi) is 3.91. The quantitative estimate of drug-likeness (QED) is 0.805. The lowest BCUT2D eigenvalue weighted by Gasteiger charge is -2.11. The Morgan fingerprint density at radius 3 is 2.47 bits per heavy atom. The summed E-state index contributed by atoms with van der Waals surface area (Å²) in [6, 6.07) is 7.44. The SMILES string of the molecule is Nc1cnc(Nc2c(Br)cccc2Br)c(Cl)c1. The highest BCUT2D eigenvalue weighted by molar-refractivity contribution is 9.11. The number of halogens is 3. The number of rotatable bonds is 2. The Bertz CT molecular complexity index is 540.